The lowest BCUT2D eigenvalue weighted by Crippen LogP contribution is -2.60. The minimum absolute atomic E-state index is 0.000429. The van der Waals surface area contributed by atoms with Gasteiger partial charge in [0.25, 0.3) is 0 Å². The molecule has 15 heteroatoms. The first-order valence-electron chi connectivity index (χ1n) is 15.6. The van der Waals surface area contributed by atoms with Gasteiger partial charge in [0.05, 0.1) is 6.61 Å². The summed E-state index contributed by atoms with van der Waals surface area (Å²) in [6.45, 7) is -0.756. The van der Waals surface area contributed by atoms with E-state index in [9.17, 15) is 56.2 Å². The van der Waals surface area contributed by atoms with Crippen molar-refractivity contribution in [1.29, 1.82) is 0 Å². The van der Waals surface area contributed by atoms with E-state index in [1.54, 1.807) is 12.1 Å². The average Bonchev–Trinajstić information content (AvgIpc) is 3.08. The molecule has 3 heterocycles. The molecule has 50 heavy (non-hydrogen) atoms. The Labute approximate surface area is 283 Å². The number of aliphatic hydroxyl groups excluding tert-OH is 5. The highest BCUT2D eigenvalue weighted by molar-refractivity contribution is 5.61. The van der Waals surface area contributed by atoms with Crippen LogP contribution in [0.2, 0.25) is 0 Å². The zero-order valence-corrected chi connectivity index (χ0v) is 25.9. The summed E-state index contributed by atoms with van der Waals surface area (Å²) in [7, 11) is 0. The Morgan fingerprint density at radius 3 is 1.86 bits per heavy atom. The number of benzene rings is 4. The lowest BCUT2D eigenvalue weighted by atomic mass is 9.68. The predicted octanol–water partition coefficient (Wildman–Crippen LogP) is 1.59. The molecule has 3 aliphatic rings. The van der Waals surface area contributed by atoms with Crippen molar-refractivity contribution in [1.82, 2.24) is 0 Å². The van der Waals surface area contributed by atoms with Gasteiger partial charge in [0.2, 0.25) is 6.29 Å². The second kappa shape index (κ2) is 12.6. The molecule has 4 aromatic carbocycles. The Morgan fingerprint density at radius 1 is 0.560 bits per heavy atom. The summed E-state index contributed by atoms with van der Waals surface area (Å²) in [5, 5.41) is 117. The maximum Gasteiger partial charge on any atom is 0.229 e. The van der Waals surface area contributed by atoms with Gasteiger partial charge in [-0.3, -0.25) is 0 Å². The van der Waals surface area contributed by atoms with E-state index in [4.69, 9.17) is 18.9 Å². The molecule has 0 aromatic heterocycles. The highest BCUT2D eigenvalue weighted by atomic mass is 16.7. The molecule has 264 valence electrons. The molecule has 0 spiro atoms. The van der Waals surface area contributed by atoms with Crippen molar-refractivity contribution in [3.63, 3.8) is 0 Å². The summed E-state index contributed by atoms with van der Waals surface area (Å²) in [5.74, 6) is -4.69. The first kappa shape index (κ1) is 33.3. The fourth-order valence-corrected chi connectivity index (χ4v) is 7.02. The van der Waals surface area contributed by atoms with E-state index >= 15 is 0 Å². The third-order valence-corrected chi connectivity index (χ3v) is 9.40. The zero-order valence-electron chi connectivity index (χ0n) is 25.9. The second-order valence-electron chi connectivity index (χ2n) is 12.5. The van der Waals surface area contributed by atoms with Crippen molar-refractivity contribution in [2.75, 3.05) is 6.61 Å². The molecule has 10 atom stereocenters. The highest BCUT2D eigenvalue weighted by Gasteiger charge is 2.53. The number of phenols is 6. The maximum absolute atomic E-state index is 12.2. The van der Waals surface area contributed by atoms with E-state index in [0.29, 0.717) is 5.56 Å². The van der Waals surface area contributed by atoms with E-state index in [-0.39, 0.29) is 45.4 Å². The van der Waals surface area contributed by atoms with Gasteiger partial charge in [-0.05, 0) is 41.5 Å². The number of hydrogen-bond acceptors (Lipinski definition) is 15. The van der Waals surface area contributed by atoms with Crippen LogP contribution >= 0.6 is 0 Å². The Bertz CT molecular complexity index is 1900. The number of ether oxygens (including phenoxy) is 4. The molecular weight excluding hydrogens is 660 g/mol. The molecule has 4 aromatic rings. The van der Waals surface area contributed by atoms with E-state index in [2.05, 4.69) is 0 Å². The summed E-state index contributed by atoms with van der Waals surface area (Å²) in [6, 6.07) is 14.5. The van der Waals surface area contributed by atoms with Gasteiger partial charge >= 0.3 is 0 Å². The molecule has 3 aliphatic heterocycles. The topological polar surface area (TPSA) is 259 Å². The molecule has 0 radical (unpaired) electrons. The summed E-state index contributed by atoms with van der Waals surface area (Å²) >= 11 is 0. The van der Waals surface area contributed by atoms with E-state index in [1.807, 2.05) is 0 Å². The van der Waals surface area contributed by atoms with Gasteiger partial charge in [-0.15, -0.1) is 0 Å². The van der Waals surface area contributed by atoms with E-state index in [1.165, 1.54) is 48.5 Å². The second-order valence-corrected chi connectivity index (χ2v) is 12.5. The molecule has 0 aliphatic carbocycles. The van der Waals surface area contributed by atoms with Crippen LogP contribution in [0.1, 0.15) is 46.3 Å². The van der Waals surface area contributed by atoms with Crippen LogP contribution in [0.3, 0.4) is 0 Å². The predicted molar refractivity (Wildman–Crippen MR) is 168 cm³/mol. The van der Waals surface area contributed by atoms with Crippen molar-refractivity contribution >= 4 is 0 Å². The Balaban J connectivity index is 1.43. The quantitative estimate of drug-likeness (QED) is 0.128. The minimum Gasteiger partial charge on any atom is -0.508 e. The zero-order chi connectivity index (χ0) is 35.6. The summed E-state index contributed by atoms with van der Waals surface area (Å²) in [5.41, 5.74) is 0.963. The monoisotopic (exact) mass is 694 g/mol. The van der Waals surface area contributed by atoms with Crippen LogP contribution in [-0.4, -0.2) is 99.6 Å². The van der Waals surface area contributed by atoms with Crippen molar-refractivity contribution in [2.45, 2.75) is 60.9 Å². The smallest absolute Gasteiger partial charge is 0.229 e. The van der Waals surface area contributed by atoms with Gasteiger partial charge in [-0.1, -0.05) is 18.2 Å². The summed E-state index contributed by atoms with van der Waals surface area (Å²) in [6.07, 6.45) is -12.3. The number of rotatable bonds is 6. The third kappa shape index (κ3) is 5.59. The summed E-state index contributed by atoms with van der Waals surface area (Å²) in [4.78, 5) is 0. The fourth-order valence-electron chi connectivity index (χ4n) is 7.02. The van der Waals surface area contributed by atoms with Gasteiger partial charge < -0.3 is 75.1 Å². The van der Waals surface area contributed by atoms with Crippen molar-refractivity contribution in [3.05, 3.63) is 89.0 Å². The van der Waals surface area contributed by atoms with Crippen molar-refractivity contribution < 1.29 is 75.1 Å². The van der Waals surface area contributed by atoms with Crippen LogP contribution in [0.5, 0.6) is 51.7 Å². The summed E-state index contributed by atoms with van der Waals surface area (Å²) < 4.78 is 24.2. The Hall–Kier alpha value is -5.16. The Morgan fingerprint density at radius 2 is 1.20 bits per heavy atom. The van der Waals surface area contributed by atoms with E-state index < -0.39 is 90.5 Å². The standard InChI is InChI=1S/C35H34O15/c36-12-24-28(43)30(45)31(46)35(49-24)50-34-18(8-16(38)9-21(34)42)25-27-26-22(47-32(25)13-1-4-15(37)5-2-13)10-17(39)11-23(26)48-33(29(27)44)14-3-6-19(40)20(41)7-14/h1-11,24-25,27-33,35-46H,12H2/t24-,25-,27+,28-,29-,30+,31-,32+,33-,35+/m1/s1. The normalized spacial score (nSPS) is 30.1. The molecule has 1 saturated heterocycles. The van der Waals surface area contributed by atoms with Crippen LogP contribution < -0.4 is 14.2 Å². The SMILES string of the molecule is OC[C@H]1O[C@@H](Oc2c(O)cc(O)cc2[C@@H]2[C@H]3c4c(cc(O)cc4O[C@H]2c2ccc(O)cc2)O[C@H](c2ccc(O)c(O)c2)[C@@H]3O)[C@H](O)[C@@H](O)[C@@H]1O. The number of aliphatic hydroxyl groups is 5. The Kier molecular flexibility index (Phi) is 8.42. The van der Waals surface area contributed by atoms with Crippen LogP contribution in [0.25, 0.3) is 0 Å². The molecule has 0 saturated carbocycles. The first-order valence-corrected chi connectivity index (χ1v) is 15.6. The van der Waals surface area contributed by atoms with Crippen molar-refractivity contribution in [3.8, 4) is 51.7 Å². The highest BCUT2D eigenvalue weighted by Crippen LogP contribution is 2.62. The van der Waals surface area contributed by atoms with Gasteiger partial charge in [0, 0.05) is 41.2 Å². The van der Waals surface area contributed by atoms with Crippen LogP contribution in [0.4, 0.5) is 0 Å². The lowest BCUT2D eigenvalue weighted by molar-refractivity contribution is -0.277. The molecular formula is C35H34O15. The largest absolute Gasteiger partial charge is 0.508 e. The number of phenolic OH excluding ortho intramolecular Hbond substituents is 6. The molecule has 15 nitrogen and oxygen atoms in total. The molecule has 11 N–H and O–H groups in total. The van der Waals surface area contributed by atoms with Crippen LogP contribution in [-0.2, 0) is 4.74 Å². The number of aromatic hydroxyl groups is 6. The molecule has 0 bridgehead atoms. The van der Waals surface area contributed by atoms with Gasteiger partial charge in [0.1, 0.15) is 65.4 Å². The van der Waals surface area contributed by atoms with Gasteiger partial charge in [-0.25, -0.2) is 0 Å². The molecule has 0 amide bonds. The van der Waals surface area contributed by atoms with E-state index in [0.717, 1.165) is 6.07 Å². The van der Waals surface area contributed by atoms with Crippen LogP contribution in [0.15, 0.2) is 66.7 Å². The fraction of sp³-hybridized carbons (Fsp3) is 0.314. The number of hydrogen-bond donors (Lipinski definition) is 11. The third-order valence-electron chi connectivity index (χ3n) is 9.40. The molecule has 0 unspecified atom stereocenters. The molecule has 7 rings (SSSR count). The molecule has 1 fully saturated rings. The maximum atomic E-state index is 12.2. The van der Waals surface area contributed by atoms with Crippen LogP contribution in [0, 0.1) is 0 Å². The minimum atomic E-state index is -1.88. The average molecular weight is 695 g/mol. The lowest BCUT2D eigenvalue weighted by Gasteiger charge is -2.47. The van der Waals surface area contributed by atoms with Crippen molar-refractivity contribution in [2.24, 2.45) is 0 Å². The van der Waals surface area contributed by atoms with Gasteiger partial charge in [0.15, 0.2) is 29.1 Å². The first-order chi connectivity index (χ1) is 23.9. The van der Waals surface area contributed by atoms with Gasteiger partial charge in [-0.2, -0.15) is 0 Å².